The number of aliphatic hydroxyl groups excluding tert-OH is 1. The minimum absolute atomic E-state index is 0.0151. The largest absolute Gasteiger partial charge is 0.496 e. The number of fused-ring (bicyclic) bond motifs is 1. The van der Waals surface area contributed by atoms with Crippen LogP contribution >= 0.6 is 0 Å². The molecule has 8 nitrogen and oxygen atoms in total. The molecule has 0 aliphatic carbocycles. The molecule has 1 saturated heterocycles. The molecule has 186 valence electrons. The number of halogens is 1. The number of amides is 1. The minimum atomic E-state index is -0.417. The van der Waals surface area contributed by atoms with Crippen molar-refractivity contribution < 1.29 is 19.0 Å². The summed E-state index contributed by atoms with van der Waals surface area (Å²) in [7, 11) is 1.51. The molecule has 0 saturated carbocycles. The average molecular weight is 490 g/mol. The molecule has 0 bridgehead atoms. The van der Waals surface area contributed by atoms with Gasteiger partial charge in [0, 0.05) is 48.0 Å². The molecular formula is C27H28FN5O3. The van der Waals surface area contributed by atoms with Gasteiger partial charge in [-0.2, -0.15) is 5.26 Å². The number of pyridine rings is 1. The molecule has 1 aromatic carbocycles. The number of aliphatic hydroxyl groups is 1. The normalized spacial score (nSPS) is 18.3. The second kappa shape index (κ2) is 10.1. The first-order chi connectivity index (χ1) is 17.5. The van der Waals surface area contributed by atoms with Crippen LogP contribution in [0.1, 0.15) is 30.5 Å². The van der Waals surface area contributed by atoms with Crippen molar-refractivity contribution in [3.63, 3.8) is 0 Å². The fraction of sp³-hybridized carbons (Fsp3) is 0.370. The maximum Gasteiger partial charge on any atom is 0.237 e. The minimum Gasteiger partial charge on any atom is -0.496 e. The summed E-state index contributed by atoms with van der Waals surface area (Å²) < 4.78 is 19.6. The Morgan fingerprint density at radius 1 is 1.36 bits per heavy atom. The summed E-state index contributed by atoms with van der Waals surface area (Å²) in [6.45, 7) is 2.43. The molecule has 36 heavy (non-hydrogen) atoms. The number of hydrogen-bond acceptors (Lipinski definition) is 6. The van der Waals surface area contributed by atoms with Crippen molar-refractivity contribution in [3.8, 4) is 22.9 Å². The SMILES string of the molecule is COc1ccc(F)cc1-c1c(C#N)cnc2[nH]c(C3=CCN(CC(=O)N4CCC[C@H]4CO)CC3)cc12. The number of nitrogens with zero attached hydrogens (tertiary/aromatic N) is 4. The first kappa shape index (κ1) is 24.0. The van der Waals surface area contributed by atoms with Gasteiger partial charge in [0.2, 0.25) is 5.91 Å². The highest BCUT2D eigenvalue weighted by Crippen LogP contribution is 2.38. The number of benzene rings is 1. The van der Waals surface area contributed by atoms with Gasteiger partial charge in [-0.1, -0.05) is 6.08 Å². The molecule has 4 heterocycles. The molecule has 2 aromatic heterocycles. The highest BCUT2D eigenvalue weighted by Gasteiger charge is 2.29. The number of aromatic amines is 1. The second-order valence-corrected chi connectivity index (χ2v) is 9.23. The molecule has 0 radical (unpaired) electrons. The summed E-state index contributed by atoms with van der Waals surface area (Å²) in [5.74, 6) is 0.122. The van der Waals surface area contributed by atoms with E-state index >= 15 is 0 Å². The summed E-state index contributed by atoms with van der Waals surface area (Å²) >= 11 is 0. The molecular weight excluding hydrogens is 461 g/mol. The number of nitriles is 1. The lowest BCUT2D eigenvalue weighted by Crippen LogP contribution is -2.44. The summed E-state index contributed by atoms with van der Waals surface area (Å²) in [6, 6.07) is 8.31. The number of likely N-dealkylation sites (tertiary alicyclic amines) is 1. The van der Waals surface area contributed by atoms with Gasteiger partial charge in [0.1, 0.15) is 23.3 Å². The third kappa shape index (κ3) is 4.45. The quantitative estimate of drug-likeness (QED) is 0.550. The zero-order chi connectivity index (χ0) is 25.2. The molecule has 1 atom stereocenters. The maximum absolute atomic E-state index is 14.2. The third-order valence-electron chi connectivity index (χ3n) is 7.12. The number of carbonyl (C=O) groups is 1. The topological polar surface area (TPSA) is 105 Å². The lowest BCUT2D eigenvalue weighted by atomic mass is 9.97. The van der Waals surface area contributed by atoms with Gasteiger partial charge >= 0.3 is 0 Å². The molecule has 0 unspecified atom stereocenters. The van der Waals surface area contributed by atoms with Crippen molar-refractivity contribution in [3.05, 3.63) is 53.6 Å². The molecule has 2 N–H and O–H groups in total. The molecule has 2 aliphatic rings. The Balaban J connectivity index is 1.41. The van der Waals surface area contributed by atoms with Crippen LogP contribution in [0.2, 0.25) is 0 Å². The van der Waals surface area contributed by atoms with Crippen LogP contribution in [0.25, 0.3) is 27.7 Å². The smallest absolute Gasteiger partial charge is 0.237 e. The van der Waals surface area contributed by atoms with E-state index < -0.39 is 5.82 Å². The predicted molar refractivity (Wildman–Crippen MR) is 134 cm³/mol. The number of H-pyrrole nitrogens is 1. The van der Waals surface area contributed by atoms with Gasteiger partial charge in [-0.25, -0.2) is 9.37 Å². The lowest BCUT2D eigenvalue weighted by molar-refractivity contribution is -0.133. The Bertz CT molecular complexity index is 1380. The highest BCUT2D eigenvalue weighted by atomic mass is 19.1. The van der Waals surface area contributed by atoms with Crippen LogP contribution in [0.5, 0.6) is 5.75 Å². The molecule has 2 aliphatic heterocycles. The molecule has 3 aromatic rings. The number of hydrogen-bond donors (Lipinski definition) is 2. The standard InChI is InChI=1S/C27H28FN5O3/c1-36-24-5-4-19(28)11-21(24)26-18(13-29)14-30-27-22(26)12-23(31-27)17-6-9-32(10-7-17)15-25(35)33-8-2-3-20(33)16-34/h4-6,11-12,14,20,34H,2-3,7-10,15-16H2,1H3,(H,30,31)/t20-/m0/s1. The predicted octanol–water partition coefficient (Wildman–Crippen LogP) is 3.32. The Morgan fingerprint density at radius 2 is 2.22 bits per heavy atom. The van der Waals surface area contributed by atoms with Crippen LogP contribution in [-0.2, 0) is 4.79 Å². The van der Waals surface area contributed by atoms with E-state index in [-0.39, 0.29) is 18.6 Å². The van der Waals surface area contributed by atoms with Gasteiger partial charge in [-0.15, -0.1) is 0 Å². The van der Waals surface area contributed by atoms with Gasteiger partial charge in [-0.05, 0) is 49.1 Å². The zero-order valence-electron chi connectivity index (χ0n) is 20.1. The molecule has 0 spiro atoms. The van der Waals surface area contributed by atoms with Crippen LogP contribution in [-0.4, -0.2) is 76.7 Å². The number of nitrogens with one attached hydrogen (secondary N) is 1. The number of carbonyl (C=O) groups excluding carboxylic acids is 1. The fourth-order valence-electron chi connectivity index (χ4n) is 5.23. The first-order valence-electron chi connectivity index (χ1n) is 12.1. The van der Waals surface area contributed by atoms with E-state index in [1.807, 2.05) is 6.07 Å². The maximum atomic E-state index is 14.2. The number of methoxy groups -OCH3 is 1. The second-order valence-electron chi connectivity index (χ2n) is 9.23. The zero-order valence-corrected chi connectivity index (χ0v) is 20.1. The van der Waals surface area contributed by atoms with Gasteiger partial charge in [0.15, 0.2) is 0 Å². The monoisotopic (exact) mass is 489 g/mol. The Morgan fingerprint density at radius 3 is 2.94 bits per heavy atom. The Hall–Kier alpha value is -3.74. The van der Waals surface area contributed by atoms with Crippen molar-refractivity contribution in [2.75, 3.05) is 39.9 Å². The van der Waals surface area contributed by atoms with Gasteiger partial charge < -0.3 is 19.7 Å². The van der Waals surface area contributed by atoms with Gasteiger partial charge in [-0.3, -0.25) is 9.69 Å². The van der Waals surface area contributed by atoms with Crippen LogP contribution < -0.4 is 4.74 Å². The third-order valence-corrected chi connectivity index (χ3v) is 7.12. The summed E-state index contributed by atoms with van der Waals surface area (Å²) in [5, 5.41) is 20.0. The van der Waals surface area contributed by atoms with Crippen LogP contribution in [0.15, 0.2) is 36.5 Å². The lowest BCUT2D eigenvalue weighted by Gasteiger charge is -2.29. The van der Waals surface area contributed by atoms with Crippen molar-refractivity contribution in [1.29, 1.82) is 5.26 Å². The first-order valence-corrected chi connectivity index (χ1v) is 12.1. The summed E-state index contributed by atoms with van der Waals surface area (Å²) in [4.78, 5) is 24.4. The fourth-order valence-corrected chi connectivity index (χ4v) is 5.23. The molecule has 1 amide bonds. The van der Waals surface area contributed by atoms with Crippen molar-refractivity contribution in [2.24, 2.45) is 0 Å². The van der Waals surface area contributed by atoms with E-state index in [1.54, 1.807) is 11.0 Å². The molecule has 9 heteroatoms. The number of aromatic nitrogens is 2. The van der Waals surface area contributed by atoms with Gasteiger partial charge in [0.05, 0.1) is 31.9 Å². The van der Waals surface area contributed by atoms with Crippen molar-refractivity contribution in [1.82, 2.24) is 19.8 Å². The van der Waals surface area contributed by atoms with Crippen LogP contribution in [0.4, 0.5) is 4.39 Å². The molecule has 1 fully saturated rings. The Kier molecular flexibility index (Phi) is 6.72. The van der Waals surface area contributed by atoms with Gasteiger partial charge in [0.25, 0.3) is 0 Å². The van der Waals surface area contributed by atoms with Crippen molar-refractivity contribution >= 4 is 22.5 Å². The van der Waals surface area contributed by atoms with E-state index in [1.165, 1.54) is 25.4 Å². The average Bonchev–Trinajstić information content (AvgIpc) is 3.55. The highest BCUT2D eigenvalue weighted by molar-refractivity contribution is 5.99. The van der Waals surface area contributed by atoms with E-state index in [2.05, 4.69) is 27.0 Å². The van der Waals surface area contributed by atoms with Crippen molar-refractivity contribution in [2.45, 2.75) is 25.3 Å². The van der Waals surface area contributed by atoms with Crippen LogP contribution in [0, 0.1) is 17.1 Å². The van der Waals surface area contributed by atoms with Crippen LogP contribution in [0.3, 0.4) is 0 Å². The summed E-state index contributed by atoms with van der Waals surface area (Å²) in [5.41, 5.74) is 4.00. The number of ether oxygens (including phenoxy) is 1. The Labute approximate surface area is 208 Å². The van der Waals surface area contributed by atoms with E-state index in [0.717, 1.165) is 42.5 Å². The van der Waals surface area contributed by atoms with E-state index in [0.29, 0.717) is 47.7 Å². The van der Waals surface area contributed by atoms with E-state index in [4.69, 9.17) is 4.74 Å². The molecule has 5 rings (SSSR count). The van der Waals surface area contributed by atoms with E-state index in [9.17, 15) is 19.6 Å². The summed E-state index contributed by atoms with van der Waals surface area (Å²) in [6.07, 6.45) is 6.13. The number of rotatable bonds is 6.